The molecule has 3 rings (SSSR count). The molecule has 1 amide bonds. The molecule has 6 nitrogen and oxygen atoms in total. The van der Waals surface area contributed by atoms with Crippen molar-refractivity contribution in [3.8, 4) is 0 Å². The normalized spacial score (nSPS) is 11.5. The van der Waals surface area contributed by atoms with Crippen LogP contribution in [0.25, 0.3) is 10.9 Å². The van der Waals surface area contributed by atoms with Gasteiger partial charge in [0.05, 0.1) is 0 Å². The molecule has 0 aliphatic carbocycles. The van der Waals surface area contributed by atoms with Crippen LogP contribution >= 0.6 is 0 Å². The third-order valence-corrected chi connectivity index (χ3v) is 5.01. The summed E-state index contributed by atoms with van der Waals surface area (Å²) in [5, 5.41) is 7.64. The van der Waals surface area contributed by atoms with Crippen LogP contribution in [0.3, 0.4) is 0 Å². The predicted octanol–water partition coefficient (Wildman–Crippen LogP) is 3.35. The molecule has 1 heterocycles. The van der Waals surface area contributed by atoms with Gasteiger partial charge in [-0.05, 0) is 61.2 Å². The summed E-state index contributed by atoms with van der Waals surface area (Å²) < 4.78 is 13.3. The standard InChI is InChI=1S/C24H30FN5O/c1-4-26-24(27-12-10-17-6-5-7-18(14-17)23(31)30(2)3)28-13-11-19-16-29-22-15-20(25)8-9-21(19)22/h5-9,14-16,29H,4,10-13H2,1-3H3,(H2,26,27,28). The van der Waals surface area contributed by atoms with E-state index in [1.54, 1.807) is 25.1 Å². The first kappa shape index (κ1) is 22.3. The molecule has 0 saturated carbocycles. The van der Waals surface area contributed by atoms with E-state index in [-0.39, 0.29) is 11.7 Å². The molecule has 0 unspecified atom stereocenters. The number of aliphatic imine (C=N–C) groups is 1. The number of fused-ring (bicyclic) bond motifs is 1. The first-order valence-electron chi connectivity index (χ1n) is 10.6. The number of hydrogen-bond donors (Lipinski definition) is 3. The van der Waals surface area contributed by atoms with E-state index in [4.69, 9.17) is 0 Å². The molecule has 0 bridgehead atoms. The number of carbonyl (C=O) groups is 1. The summed E-state index contributed by atoms with van der Waals surface area (Å²) in [6.07, 6.45) is 3.46. The quantitative estimate of drug-likeness (QED) is 0.384. The minimum Gasteiger partial charge on any atom is -0.361 e. The van der Waals surface area contributed by atoms with Crippen LogP contribution in [0.1, 0.15) is 28.4 Å². The van der Waals surface area contributed by atoms with Gasteiger partial charge in [0.2, 0.25) is 0 Å². The molecule has 164 valence electrons. The molecule has 2 aromatic carbocycles. The second-order valence-corrected chi connectivity index (χ2v) is 7.59. The molecule has 0 spiro atoms. The van der Waals surface area contributed by atoms with Gasteiger partial charge in [-0.1, -0.05) is 12.1 Å². The summed E-state index contributed by atoms with van der Waals surface area (Å²) in [6.45, 7) is 4.12. The SMILES string of the molecule is CCNC(=NCCc1c[nH]c2cc(F)ccc12)NCCc1cccc(C(=O)N(C)C)c1. The number of H-pyrrole nitrogens is 1. The van der Waals surface area contributed by atoms with Crippen LogP contribution in [0.2, 0.25) is 0 Å². The number of nitrogens with one attached hydrogen (secondary N) is 3. The number of guanidine groups is 1. The zero-order valence-corrected chi connectivity index (χ0v) is 18.3. The highest BCUT2D eigenvalue weighted by atomic mass is 19.1. The maximum absolute atomic E-state index is 13.3. The van der Waals surface area contributed by atoms with Crippen molar-refractivity contribution in [3.63, 3.8) is 0 Å². The number of hydrogen-bond acceptors (Lipinski definition) is 2. The van der Waals surface area contributed by atoms with Gasteiger partial charge >= 0.3 is 0 Å². The lowest BCUT2D eigenvalue weighted by molar-refractivity contribution is 0.0827. The molecular formula is C24H30FN5O. The number of aromatic amines is 1. The fraction of sp³-hybridized carbons (Fsp3) is 0.333. The van der Waals surface area contributed by atoms with Crippen molar-refractivity contribution in [2.75, 3.05) is 33.7 Å². The van der Waals surface area contributed by atoms with Crippen LogP contribution < -0.4 is 10.6 Å². The van der Waals surface area contributed by atoms with Crippen LogP contribution in [0.4, 0.5) is 4.39 Å². The van der Waals surface area contributed by atoms with Crippen molar-refractivity contribution >= 4 is 22.8 Å². The molecular weight excluding hydrogens is 393 g/mol. The Balaban J connectivity index is 1.55. The van der Waals surface area contributed by atoms with Crippen molar-refractivity contribution < 1.29 is 9.18 Å². The average molecular weight is 424 g/mol. The molecule has 31 heavy (non-hydrogen) atoms. The van der Waals surface area contributed by atoms with Gasteiger partial charge in [0.1, 0.15) is 5.82 Å². The Morgan fingerprint density at radius 1 is 1.13 bits per heavy atom. The Hall–Kier alpha value is -3.35. The van der Waals surface area contributed by atoms with E-state index in [1.165, 1.54) is 12.1 Å². The molecule has 3 aromatic rings. The van der Waals surface area contributed by atoms with Crippen LogP contribution in [-0.4, -0.2) is 55.5 Å². The fourth-order valence-corrected chi connectivity index (χ4v) is 3.44. The summed E-state index contributed by atoms with van der Waals surface area (Å²) >= 11 is 0. The zero-order valence-electron chi connectivity index (χ0n) is 18.3. The Morgan fingerprint density at radius 3 is 2.74 bits per heavy atom. The Kier molecular flexibility index (Phi) is 7.65. The van der Waals surface area contributed by atoms with E-state index < -0.39 is 0 Å². The first-order valence-corrected chi connectivity index (χ1v) is 10.6. The Morgan fingerprint density at radius 2 is 1.97 bits per heavy atom. The molecule has 0 aliphatic heterocycles. The van der Waals surface area contributed by atoms with Crippen LogP contribution in [-0.2, 0) is 12.8 Å². The number of nitrogens with zero attached hydrogens (tertiary/aromatic N) is 2. The van der Waals surface area contributed by atoms with E-state index in [2.05, 4.69) is 20.6 Å². The van der Waals surface area contributed by atoms with Gasteiger partial charge < -0.3 is 20.5 Å². The van der Waals surface area contributed by atoms with Crippen molar-refractivity contribution in [3.05, 3.63) is 71.2 Å². The second kappa shape index (κ2) is 10.6. The second-order valence-electron chi connectivity index (χ2n) is 7.59. The monoisotopic (exact) mass is 423 g/mol. The maximum atomic E-state index is 13.3. The third-order valence-electron chi connectivity index (χ3n) is 5.01. The van der Waals surface area contributed by atoms with E-state index in [1.807, 2.05) is 37.4 Å². The van der Waals surface area contributed by atoms with E-state index in [0.29, 0.717) is 18.7 Å². The summed E-state index contributed by atoms with van der Waals surface area (Å²) in [5.41, 5.74) is 3.72. The lowest BCUT2D eigenvalue weighted by atomic mass is 10.1. The van der Waals surface area contributed by atoms with Gasteiger partial charge in [0, 0.05) is 56.4 Å². The highest BCUT2D eigenvalue weighted by Crippen LogP contribution is 2.19. The van der Waals surface area contributed by atoms with Crippen LogP contribution in [0, 0.1) is 5.82 Å². The molecule has 0 atom stereocenters. The van der Waals surface area contributed by atoms with Crippen LogP contribution in [0.5, 0.6) is 0 Å². The first-order chi connectivity index (χ1) is 15.0. The van der Waals surface area contributed by atoms with Gasteiger partial charge in [-0.25, -0.2) is 4.39 Å². The fourth-order valence-electron chi connectivity index (χ4n) is 3.44. The molecule has 1 aromatic heterocycles. The molecule has 0 aliphatic rings. The van der Waals surface area contributed by atoms with Crippen molar-refractivity contribution in [2.45, 2.75) is 19.8 Å². The smallest absolute Gasteiger partial charge is 0.253 e. The number of carbonyl (C=O) groups excluding carboxylic acids is 1. The van der Waals surface area contributed by atoms with Gasteiger partial charge in [-0.3, -0.25) is 9.79 Å². The van der Waals surface area contributed by atoms with Gasteiger partial charge in [-0.2, -0.15) is 0 Å². The molecule has 0 saturated heterocycles. The number of rotatable bonds is 8. The van der Waals surface area contributed by atoms with Crippen molar-refractivity contribution in [2.24, 2.45) is 4.99 Å². The summed E-state index contributed by atoms with van der Waals surface area (Å²) in [6, 6.07) is 12.5. The molecule has 0 radical (unpaired) electrons. The number of amides is 1. The predicted molar refractivity (Wildman–Crippen MR) is 124 cm³/mol. The topological polar surface area (TPSA) is 72.5 Å². The largest absolute Gasteiger partial charge is 0.361 e. The molecule has 3 N–H and O–H groups in total. The summed E-state index contributed by atoms with van der Waals surface area (Å²) in [5.74, 6) is 0.521. The van der Waals surface area contributed by atoms with Gasteiger partial charge in [-0.15, -0.1) is 0 Å². The summed E-state index contributed by atoms with van der Waals surface area (Å²) in [7, 11) is 3.51. The minimum absolute atomic E-state index is 0.00438. The minimum atomic E-state index is -0.242. The van der Waals surface area contributed by atoms with Crippen molar-refractivity contribution in [1.29, 1.82) is 0 Å². The number of benzene rings is 2. The lowest BCUT2D eigenvalue weighted by Crippen LogP contribution is -2.38. The molecule has 0 fully saturated rings. The average Bonchev–Trinajstić information content (AvgIpc) is 3.15. The maximum Gasteiger partial charge on any atom is 0.253 e. The Labute approximate surface area is 182 Å². The van der Waals surface area contributed by atoms with E-state index >= 15 is 0 Å². The molecule has 7 heteroatoms. The van der Waals surface area contributed by atoms with Crippen molar-refractivity contribution in [1.82, 2.24) is 20.5 Å². The van der Waals surface area contributed by atoms with Gasteiger partial charge in [0.25, 0.3) is 5.91 Å². The van der Waals surface area contributed by atoms with Crippen LogP contribution in [0.15, 0.2) is 53.7 Å². The van der Waals surface area contributed by atoms with E-state index in [9.17, 15) is 9.18 Å². The van der Waals surface area contributed by atoms with E-state index in [0.717, 1.165) is 47.4 Å². The Bertz CT molecular complexity index is 1060. The zero-order chi connectivity index (χ0) is 22.2. The summed E-state index contributed by atoms with van der Waals surface area (Å²) in [4.78, 5) is 21.5. The highest BCUT2D eigenvalue weighted by Gasteiger charge is 2.08. The highest BCUT2D eigenvalue weighted by molar-refractivity contribution is 5.94. The lowest BCUT2D eigenvalue weighted by Gasteiger charge is -2.13. The number of aromatic nitrogens is 1. The van der Waals surface area contributed by atoms with Gasteiger partial charge in [0.15, 0.2) is 5.96 Å². The third kappa shape index (κ3) is 6.07. The number of halogens is 1.